The molecule has 35 heavy (non-hydrogen) atoms. The zero-order valence-electron chi connectivity index (χ0n) is 20.3. The van der Waals surface area contributed by atoms with Crippen LogP contribution in [0.4, 0.5) is 0 Å². The minimum atomic E-state index is -1.26. The van der Waals surface area contributed by atoms with Gasteiger partial charge in [0.2, 0.25) is 0 Å². The molecule has 1 aliphatic rings. The minimum Gasteiger partial charge on any atom is -0.486 e. The van der Waals surface area contributed by atoms with E-state index in [9.17, 15) is 4.79 Å². The van der Waals surface area contributed by atoms with Crippen LogP contribution in [0.5, 0.6) is 11.5 Å². The van der Waals surface area contributed by atoms with Gasteiger partial charge < -0.3 is 29.5 Å². The molecule has 3 N–H and O–H groups in total. The first-order chi connectivity index (χ1) is 16.8. The summed E-state index contributed by atoms with van der Waals surface area (Å²) in [4.78, 5) is 20.2. The van der Waals surface area contributed by atoms with E-state index in [4.69, 9.17) is 19.9 Å². The first-order valence-electron chi connectivity index (χ1n) is 11.8. The quantitative estimate of drug-likeness (QED) is 0.271. The van der Waals surface area contributed by atoms with E-state index in [0.29, 0.717) is 42.6 Å². The Morgan fingerprint density at radius 1 is 1.14 bits per heavy atom. The van der Waals surface area contributed by atoms with Gasteiger partial charge in [-0.3, -0.25) is 4.79 Å². The number of carbonyl (C=O) groups is 1. The monoisotopic (exact) mass is 490 g/mol. The number of aromatic nitrogens is 3. The number of nitrogens with zero attached hydrogens (tertiary/aromatic N) is 2. The van der Waals surface area contributed by atoms with Crippen LogP contribution < -0.4 is 15.2 Å². The van der Waals surface area contributed by atoms with Gasteiger partial charge in [0.15, 0.2) is 11.5 Å². The summed E-state index contributed by atoms with van der Waals surface area (Å²) in [5, 5.41) is 0.957. The lowest BCUT2D eigenvalue weighted by molar-refractivity contribution is 0.0893. The topological polar surface area (TPSA) is 104 Å². The summed E-state index contributed by atoms with van der Waals surface area (Å²) in [5.41, 5.74) is 10.4. The highest BCUT2D eigenvalue weighted by Crippen LogP contribution is 2.39. The Morgan fingerprint density at radius 3 is 2.71 bits per heavy atom. The molecule has 0 saturated carbocycles. The summed E-state index contributed by atoms with van der Waals surface area (Å²) >= 11 is 0. The van der Waals surface area contributed by atoms with Crippen molar-refractivity contribution in [3.05, 3.63) is 54.4 Å². The molecule has 0 spiro atoms. The van der Waals surface area contributed by atoms with Crippen molar-refractivity contribution in [3.8, 4) is 34.0 Å². The van der Waals surface area contributed by atoms with Crippen LogP contribution >= 0.6 is 0 Å². The highest BCUT2D eigenvalue weighted by atomic mass is 28.3. The van der Waals surface area contributed by atoms with E-state index >= 15 is 0 Å². The zero-order chi connectivity index (χ0) is 24.6. The van der Waals surface area contributed by atoms with Gasteiger partial charge in [0.05, 0.1) is 17.0 Å². The van der Waals surface area contributed by atoms with E-state index in [2.05, 4.69) is 29.6 Å². The van der Waals surface area contributed by atoms with Crippen LogP contribution in [0.3, 0.4) is 0 Å². The number of amides is 1. The SMILES string of the molecule is C[Si](C)(C)CCOCn1c(-c2ccnc3[nH]ccc23)cc(C(N)=O)c1-c1ccc2c(c1)OCCO2. The zero-order valence-corrected chi connectivity index (χ0v) is 21.3. The van der Waals surface area contributed by atoms with Crippen molar-refractivity contribution >= 4 is 25.0 Å². The number of rotatable bonds is 8. The molecule has 1 amide bonds. The van der Waals surface area contributed by atoms with Crippen molar-refractivity contribution in [1.82, 2.24) is 14.5 Å². The van der Waals surface area contributed by atoms with Crippen molar-refractivity contribution in [3.63, 3.8) is 0 Å². The van der Waals surface area contributed by atoms with Crippen LogP contribution in [0.1, 0.15) is 10.4 Å². The van der Waals surface area contributed by atoms with Crippen LogP contribution in [-0.4, -0.2) is 48.3 Å². The predicted octanol–water partition coefficient (Wildman–Crippen LogP) is 4.88. The van der Waals surface area contributed by atoms with Crippen LogP contribution in [0.15, 0.2) is 48.8 Å². The number of ether oxygens (including phenoxy) is 3. The van der Waals surface area contributed by atoms with E-state index in [0.717, 1.165) is 33.9 Å². The third-order valence-corrected chi connectivity index (χ3v) is 7.84. The number of carbonyl (C=O) groups excluding carboxylic acids is 1. The summed E-state index contributed by atoms with van der Waals surface area (Å²) < 4.78 is 19.7. The van der Waals surface area contributed by atoms with E-state index in [1.54, 1.807) is 6.20 Å². The van der Waals surface area contributed by atoms with Gasteiger partial charge in [-0.25, -0.2) is 4.98 Å². The van der Waals surface area contributed by atoms with Crippen LogP contribution in [0, 0.1) is 0 Å². The lowest BCUT2D eigenvalue weighted by Gasteiger charge is -2.21. The molecule has 0 fully saturated rings. The van der Waals surface area contributed by atoms with E-state index in [1.807, 2.05) is 47.2 Å². The fourth-order valence-corrected chi connectivity index (χ4v) is 5.07. The molecule has 0 aliphatic carbocycles. The highest BCUT2D eigenvalue weighted by molar-refractivity contribution is 6.76. The predicted molar refractivity (Wildman–Crippen MR) is 139 cm³/mol. The van der Waals surface area contributed by atoms with Gasteiger partial charge in [0.1, 0.15) is 25.6 Å². The fraction of sp³-hybridized carbons (Fsp3) is 0.308. The second kappa shape index (κ2) is 9.24. The average Bonchev–Trinajstić information content (AvgIpc) is 3.46. The summed E-state index contributed by atoms with van der Waals surface area (Å²) in [6.07, 6.45) is 3.61. The van der Waals surface area contributed by atoms with Crippen molar-refractivity contribution in [2.24, 2.45) is 5.73 Å². The first-order valence-corrected chi connectivity index (χ1v) is 15.5. The van der Waals surface area contributed by atoms with Gasteiger partial charge >= 0.3 is 0 Å². The summed E-state index contributed by atoms with van der Waals surface area (Å²) in [6.45, 7) is 8.89. The number of H-pyrrole nitrogens is 1. The van der Waals surface area contributed by atoms with Gasteiger partial charge in [-0.05, 0) is 42.4 Å². The summed E-state index contributed by atoms with van der Waals surface area (Å²) in [5.74, 6) is 0.833. The molecule has 0 unspecified atom stereocenters. The highest BCUT2D eigenvalue weighted by Gasteiger charge is 2.24. The molecule has 5 rings (SSSR count). The third-order valence-electron chi connectivity index (χ3n) is 6.13. The molecule has 0 atom stereocenters. The molecule has 0 radical (unpaired) electrons. The van der Waals surface area contributed by atoms with Gasteiger partial charge in [-0.15, -0.1) is 0 Å². The number of nitrogens with two attached hydrogens (primary N) is 1. The maximum absolute atomic E-state index is 12.7. The largest absolute Gasteiger partial charge is 0.486 e. The molecular weight excluding hydrogens is 460 g/mol. The van der Waals surface area contributed by atoms with Gasteiger partial charge in [0, 0.05) is 43.6 Å². The van der Waals surface area contributed by atoms with Gasteiger partial charge in [0.25, 0.3) is 5.91 Å². The molecule has 1 aromatic carbocycles. The van der Waals surface area contributed by atoms with Gasteiger partial charge in [-0.1, -0.05) is 19.6 Å². The normalized spacial score (nSPS) is 13.3. The third kappa shape index (κ3) is 4.69. The Morgan fingerprint density at radius 2 is 1.94 bits per heavy atom. The number of fused-ring (bicyclic) bond motifs is 2. The number of benzene rings is 1. The van der Waals surface area contributed by atoms with E-state index in [-0.39, 0.29) is 6.73 Å². The molecule has 4 heterocycles. The number of nitrogens with one attached hydrogen (secondary N) is 1. The molecule has 182 valence electrons. The first kappa shape index (κ1) is 23.2. The van der Waals surface area contributed by atoms with Crippen LogP contribution in [-0.2, 0) is 11.5 Å². The minimum absolute atomic E-state index is 0.283. The Labute approximate surface area is 205 Å². The second-order valence-electron chi connectivity index (χ2n) is 9.89. The van der Waals surface area contributed by atoms with Crippen molar-refractivity contribution < 1.29 is 19.0 Å². The molecule has 0 bridgehead atoms. The lowest BCUT2D eigenvalue weighted by Crippen LogP contribution is -2.22. The maximum atomic E-state index is 12.7. The lowest BCUT2D eigenvalue weighted by atomic mass is 10.1. The Kier molecular flexibility index (Phi) is 6.12. The molecular formula is C26H30N4O4Si. The molecule has 3 aromatic heterocycles. The Bertz CT molecular complexity index is 1390. The van der Waals surface area contributed by atoms with Gasteiger partial charge in [-0.2, -0.15) is 0 Å². The number of pyridine rings is 1. The molecule has 0 saturated heterocycles. The number of aromatic amines is 1. The summed E-state index contributed by atoms with van der Waals surface area (Å²) in [7, 11) is -1.26. The Hall–Kier alpha value is -3.56. The summed E-state index contributed by atoms with van der Waals surface area (Å²) in [6, 6.07) is 12.5. The Balaban J connectivity index is 1.66. The van der Waals surface area contributed by atoms with E-state index < -0.39 is 14.0 Å². The smallest absolute Gasteiger partial charge is 0.250 e. The average molecular weight is 491 g/mol. The van der Waals surface area contributed by atoms with Crippen LogP contribution in [0.25, 0.3) is 33.5 Å². The van der Waals surface area contributed by atoms with E-state index in [1.165, 1.54) is 0 Å². The number of hydrogen-bond donors (Lipinski definition) is 2. The fourth-order valence-electron chi connectivity index (χ4n) is 4.31. The van der Waals surface area contributed by atoms with Crippen molar-refractivity contribution in [2.45, 2.75) is 32.4 Å². The van der Waals surface area contributed by atoms with Crippen LogP contribution in [0.2, 0.25) is 25.7 Å². The van der Waals surface area contributed by atoms with Crippen molar-refractivity contribution in [1.29, 1.82) is 0 Å². The standard InChI is InChI=1S/C26H30N4O4Si/c1-35(2,3)13-12-32-16-30-21(18-6-8-28-26-19(18)7-9-29-26)15-20(25(27)31)24(30)17-4-5-22-23(14-17)34-11-10-33-22/h4-9,14-15H,10-13,16H2,1-3H3,(H2,27,31)(H,28,29). The molecule has 4 aromatic rings. The van der Waals surface area contributed by atoms with Crippen molar-refractivity contribution in [2.75, 3.05) is 19.8 Å². The number of primary amides is 1. The number of hydrogen-bond acceptors (Lipinski definition) is 5. The molecule has 8 nitrogen and oxygen atoms in total. The second-order valence-corrected chi connectivity index (χ2v) is 15.5. The molecule has 9 heteroatoms. The molecule has 1 aliphatic heterocycles. The maximum Gasteiger partial charge on any atom is 0.250 e.